The third-order valence-corrected chi connectivity index (χ3v) is 14.4. The van der Waals surface area contributed by atoms with E-state index in [2.05, 4.69) is 76.6 Å². The lowest BCUT2D eigenvalue weighted by Crippen LogP contribution is -2.49. The highest BCUT2D eigenvalue weighted by molar-refractivity contribution is 6.30. The number of H-pyrrole nitrogens is 1. The van der Waals surface area contributed by atoms with Crippen LogP contribution in [0.2, 0.25) is 5.02 Å². The number of piperidine rings is 2. The van der Waals surface area contributed by atoms with E-state index < -0.39 is 0 Å². The Morgan fingerprint density at radius 2 is 1.66 bits per heavy atom. The predicted molar refractivity (Wildman–Crippen MR) is 285 cm³/mol. The van der Waals surface area contributed by atoms with Gasteiger partial charge < -0.3 is 50.3 Å². The molecule has 1 unspecified atom stereocenters. The maximum absolute atomic E-state index is 13.0. The number of nitrogens with zero attached hydrogens (tertiary/aromatic N) is 8. The van der Waals surface area contributed by atoms with Gasteiger partial charge in [0.2, 0.25) is 23.6 Å². The predicted octanol–water partition coefficient (Wildman–Crippen LogP) is 5.61. The van der Waals surface area contributed by atoms with Gasteiger partial charge in [0.25, 0.3) is 0 Å². The Balaban J connectivity index is 0.000000325. The van der Waals surface area contributed by atoms with Gasteiger partial charge in [-0.1, -0.05) is 54.9 Å². The van der Waals surface area contributed by atoms with Gasteiger partial charge in [-0.3, -0.25) is 24.3 Å². The molecule has 19 heteroatoms. The van der Waals surface area contributed by atoms with E-state index in [-0.39, 0.29) is 42.3 Å². The number of amidine groups is 1. The van der Waals surface area contributed by atoms with Gasteiger partial charge in [-0.15, -0.1) is 0 Å². The third-order valence-electron chi connectivity index (χ3n) is 14.1. The summed E-state index contributed by atoms with van der Waals surface area (Å²) in [6.07, 6.45) is 12.0. The fraction of sp³-hybridized carbons (Fsp3) is 0.500. The second kappa shape index (κ2) is 26.2. The van der Waals surface area contributed by atoms with Crippen LogP contribution in [0.3, 0.4) is 0 Å². The number of anilines is 2. The molecule has 1 atom stereocenters. The Morgan fingerprint density at radius 1 is 0.890 bits per heavy atom. The van der Waals surface area contributed by atoms with Crippen LogP contribution in [-0.2, 0) is 36.7 Å². The average Bonchev–Trinajstić information content (AvgIpc) is 3.75. The highest BCUT2D eigenvalue weighted by Crippen LogP contribution is 2.38. The summed E-state index contributed by atoms with van der Waals surface area (Å²) < 4.78 is 17.4. The number of aliphatic imine (C=N–C) groups is 1. The Hall–Kier alpha value is -6.18. The summed E-state index contributed by atoms with van der Waals surface area (Å²) in [6, 6.07) is 20.2. The molecule has 5 N–H and O–H groups in total. The van der Waals surface area contributed by atoms with Gasteiger partial charge >= 0.3 is 0 Å². The summed E-state index contributed by atoms with van der Waals surface area (Å²) in [5, 5.41) is 8.02. The third kappa shape index (κ3) is 15.2. The zero-order valence-electron chi connectivity index (χ0n) is 42.3. The molecule has 5 aromatic rings. The van der Waals surface area contributed by atoms with Crippen molar-refractivity contribution in [3.8, 4) is 17.0 Å². The number of nitrogens with one attached hydrogen (secondary N) is 3. The van der Waals surface area contributed by atoms with Crippen molar-refractivity contribution < 1.29 is 28.6 Å². The fourth-order valence-corrected chi connectivity index (χ4v) is 9.66. The number of aromatic amines is 1. The monoisotopic (exact) mass is 1020 g/mol. The largest absolute Gasteiger partial charge is 0.474 e. The first-order valence-electron chi connectivity index (χ1n) is 25.8. The van der Waals surface area contributed by atoms with E-state index in [4.69, 9.17) is 31.5 Å². The molecule has 390 valence electrons. The summed E-state index contributed by atoms with van der Waals surface area (Å²) in [7, 11) is 1.82. The summed E-state index contributed by atoms with van der Waals surface area (Å²) in [4.78, 5) is 66.8. The number of ether oxygens (including phenoxy) is 3. The number of nitrogens with two attached hydrogens (primary N) is 1. The maximum Gasteiger partial charge on any atom is 0.238 e. The SMILES string of the molecule is CCc1cccc(-c2cnc(OCCOCCOCCC(=O)N3CCN(CCCc4ccc(Cl)cc4)CC3)c(NC(=O)CNCC3CCN(C)C(=O)C3)c2)c1.NC1=NC12CCN(c1ncnc3[nH]ccc13)CC2. The number of aromatic nitrogens is 4. The van der Waals surface area contributed by atoms with E-state index in [1.54, 1.807) is 17.4 Å². The molecule has 73 heavy (non-hydrogen) atoms. The number of fused-ring (bicyclic) bond motifs is 1. The van der Waals surface area contributed by atoms with Gasteiger partial charge in [0.1, 0.15) is 41.5 Å². The smallest absolute Gasteiger partial charge is 0.238 e. The average molecular weight is 1020 g/mol. The Bertz CT molecular complexity index is 2630. The zero-order valence-corrected chi connectivity index (χ0v) is 43.1. The molecule has 3 aromatic heterocycles. The lowest BCUT2D eigenvalue weighted by atomic mass is 9.94. The van der Waals surface area contributed by atoms with Gasteiger partial charge in [0.15, 0.2) is 0 Å². The van der Waals surface area contributed by atoms with Crippen LogP contribution in [0.15, 0.2) is 84.4 Å². The number of carbonyl (C=O) groups excluding carboxylic acids is 3. The topological polar surface area (TPSA) is 209 Å². The highest BCUT2D eigenvalue weighted by atomic mass is 35.5. The molecule has 4 aliphatic rings. The summed E-state index contributed by atoms with van der Waals surface area (Å²) >= 11 is 5.98. The minimum atomic E-state index is -0.222. The minimum absolute atomic E-state index is 0.000786. The second-order valence-corrected chi connectivity index (χ2v) is 19.6. The molecule has 0 bridgehead atoms. The van der Waals surface area contributed by atoms with Crippen LogP contribution in [-0.4, -0.2) is 169 Å². The van der Waals surface area contributed by atoms with Crippen molar-refractivity contribution in [1.29, 1.82) is 0 Å². The minimum Gasteiger partial charge on any atom is -0.474 e. The number of amides is 3. The summed E-state index contributed by atoms with van der Waals surface area (Å²) in [6.45, 7) is 11.4. The molecule has 3 fully saturated rings. The van der Waals surface area contributed by atoms with Crippen LogP contribution in [0.5, 0.6) is 5.88 Å². The van der Waals surface area contributed by atoms with E-state index >= 15 is 0 Å². The molecular formula is C54H71ClN12O6. The van der Waals surface area contributed by atoms with Gasteiger partial charge in [-0.2, -0.15) is 0 Å². The lowest BCUT2D eigenvalue weighted by molar-refractivity contribution is -0.134. The van der Waals surface area contributed by atoms with E-state index in [9.17, 15) is 14.4 Å². The number of pyridine rings is 1. The van der Waals surface area contributed by atoms with E-state index in [1.165, 1.54) is 11.1 Å². The van der Waals surface area contributed by atoms with Crippen LogP contribution in [0.25, 0.3) is 22.2 Å². The van der Waals surface area contributed by atoms with Gasteiger partial charge in [0.05, 0.1) is 44.8 Å². The van der Waals surface area contributed by atoms with Crippen LogP contribution in [0, 0.1) is 5.92 Å². The number of halogens is 1. The Kier molecular flexibility index (Phi) is 19.0. The number of benzene rings is 2. The van der Waals surface area contributed by atoms with Crippen LogP contribution >= 0.6 is 11.6 Å². The number of likely N-dealkylation sites (tertiary alicyclic amines) is 1. The standard InChI is InChI=1S/C42H57ClN6O6.C12H14N6/c1-3-32-6-4-8-35(26-32)36-28-38(46-39(50)31-44-29-34-13-16-47(2)41(52)27-34)42(45-30-36)55-25-24-54-23-22-53-21-14-40(51)49-19-17-48(18-20-49)15-5-7-33-9-11-37(43)12-10-33;13-11-12(17-11)2-5-18(6-3-12)10-8-1-4-14-9(8)15-7-16-10/h4,6,8-12,26,28,30,34,44H,3,5,7,13-25,27,29,31H2,1-2H3,(H,46,50);1,4,7H,2-3,5-6H2,(H2,13,17)(H,14,15,16). The van der Waals surface area contributed by atoms with Crippen molar-refractivity contribution in [1.82, 2.24) is 40.0 Å². The molecule has 3 amide bonds. The van der Waals surface area contributed by atoms with Gasteiger partial charge in [-0.05, 0) is 98.5 Å². The number of aryl methyl sites for hydroxylation is 2. The van der Waals surface area contributed by atoms with Gasteiger partial charge in [0, 0.05) is 82.3 Å². The first kappa shape index (κ1) is 53.1. The number of rotatable bonds is 22. The number of carbonyl (C=O) groups is 3. The molecule has 1 spiro atoms. The summed E-state index contributed by atoms with van der Waals surface area (Å²) in [5.41, 5.74) is 11.5. The first-order chi connectivity index (χ1) is 35.6. The number of hydrogen-bond donors (Lipinski definition) is 4. The highest BCUT2D eigenvalue weighted by Gasteiger charge is 2.47. The molecule has 2 aromatic carbocycles. The normalized spacial score (nSPS) is 17.6. The quantitative estimate of drug-likeness (QED) is 0.0623. The molecule has 0 aliphatic carbocycles. The lowest BCUT2D eigenvalue weighted by Gasteiger charge is -2.34. The molecule has 4 aliphatic heterocycles. The molecule has 0 saturated carbocycles. The number of piperazine rings is 1. The van der Waals surface area contributed by atoms with Crippen molar-refractivity contribution in [3.05, 3.63) is 95.5 Å². The molecule has 3 saturated heterocycles. The van der Waals surface area contributed by atoms with Crippen molar-refractivity contribution >= 4 is 57.7 Å². The maximum atomic E-state index is 13.0. The van der Waals surface area contributed by atoms with Crippen LogP contribution in [0.4, 0.5) is 11.5 Å². The fourth-order valence-electron chi connectivity index (χ4n) is 9.53. The van der Waals surface area contributed by atoms with Crippen molar-refractivity contribution in [3.63, 3.8) is 0 Å². The van der Waals surface area contributed by atoms with E-state index in [0.29, 0.717) is 57.4 Å². The van der Waals surface area contributed by atoms with Gasteiger partial charge in [-0.25, -0.2) is 15.0 Å². The van der Waals surface area contributed by atoms with E-state index in [0.717, 1.165) is 130 Å². The number of hydrogen-bond acceptors (Lipinski definition) is 14. The van der Waals surface area contributed by atoms with Crippen LogP contribution < -0.4 is 26.0 Å². The second-order valence-electron chi connectivity index (χ2n) is 19.2. The molecule has 9 rings (SSSR count). The van der Waals surface area contributed by atoms with Crippen molar-refractivity contribution in [2.45, 2.75) is 63.8 Å². The van der Waals surface area contributed by atoms with E-state index in [1.807, 2.05) is 54.5 Å². The molecule has 0 radical (unpaired) electrons. The van der Waals surface area contributed by atoms with Crippen molar-refractivity contribution in [2.75, 3.05) is 116 Å². The molecule has 18 nitrogen and oxygen atoms in total. The molecular weight excluding hydrogens is 948 g/mol. The zero-order chi connectivity index (χ0) is 51.0. The summed E-state index contributed by atoms with van der Waals surface area (Å²) in [5.74, 6) is 2.41. The first-order valence-corrected chi connectivity index (χ1v) is 26.2. The Labute approximate surface area is 433 Å². The molecule has 7 heterocycles. The Morgan fingerprint density at radius 3 is 2.41 bits per heavy atom. The van der Waals surface area contributed by atoms with Crippen LogP contribution in [0.1, 0.15) is 56.6 Å². The van der Waals surface area contributed by atoms with Crippen molar-refractivity contribution in [2.24, 2.45) is 16.6 Å².